The van der Waals surface area contributed by atoms with E-state index in [0.29, 0.717) is 9.99 Å². The Hall–Kier alpha value is -3.27. The standard InChI is InChI=1S/C29H28IN2O6P/c1-18(33)22(17-30)37-27-23(31-25(34)21-15-9-4-10-16-21)26(35)32(27)28(39)29(36)38-24(19-11-5-2-6-12-19)20-13-7-3-8-14-20/h2-16,22-24,27H,17H2,1,39H3,(H,31,34)/t22-,23-,27+/m0/s1. The van der Waals surface area contributed by atoms with Crippen LogP contribution in [0.5, 0.6) is 0 Å². The zero-order valence-corrected chi connectivity index (χ0v) is 24.7. The third-order valence-electron chi connectivity index (χ3n) is 6.22. The highest BCUT2D eigenvalue weighted by molar-refractivity contribution is 14.1. The molecule has 4 atom stereocenters. The van der Waals surface area contributed by atoms with Gasteiger partial charge in [-0.2, -0.15) is 0 Å². The van der Waals surface area contributed by atoms with Gasteiger partial charge in [-0.15, -0.1) is 8.86 Å². The van der Waals surface area contributed by atoms with Gasteiger partial charge < -0.3 is 14.8 Å². The summed E-state index contributed by atoms with van der Waals surface area (Å²) in [6, 6.07) is 26.0. The van der Waals surface area contributed by atoms with Crippen LogP contribution in [0.4, 0.5) is 0 Å². The molecule has 1 N–H and O–H groups in total. The monoisotopic (exact) mass is 658 g/mol. The number of likely N-dealkylation sites (tertiary alicyclic amines) is 1. The molecule has 0 aliphatic carbocycles. The van der Waals surface area contributed by atoms with E-state index in [9.17, 15) is 19.2 Å². The van der Waals surface area contributed by atoms with Crippen molar-refractivity contribution in [3.05, 3.63) is 108 Å². The van der Waals surface area contributed by atoms with Crippen LogP contribution >= 0.6 is 31.5 Å². The molecule has 1 saturated heterocycles. The Balaban J connectivity index is 1.56. The first-order valence-electron chi connectivity index (χ1n) is 12.2. The summed E-state index contributed by atoms with van der Waals surface area (Å²) in [6.45, 7) is 1.39. The van der Waals surface area contributed by atoms with Gasteiger partial charge in [0, 0.05) is 9.99 Å². The van der Waals surface area contributed by atoms with Crippen LogP contribution in [-0.2, 0) is 23.9 Å². The van der Waals surface area contributed by atoms with Crippen molar-refractivity contribution in [2.45, 2.75) is 31.4 Å². The van der Waals surface area contributed by atoms with Gasteiger partial charge in [-0.25, -0.2) is 4.79 Å². The zero-order valence-electron chi connectivity index (χ0n) is 21.2. The molecule has 3 aromatic carbocycles. The quantitative estimate of drug-likeness (QED) is 0.112. The molecule has 0 aromatic heterocycles. The number of esters is 1. The molecule has 1 heterocycles. The summed E-state index contributed by atoms with van der Waals surface area (Å²) in [5.74, 6) is -1.94. The van der Waals surface area contributed by atoms with Crippen LogP contribution in [0.15, 0.2) is 91.0 Å². The van der Waals surface area contributed by atoms with Gasteiger partial charge in [0.25, 0.3) is 11.8 Å². The molecule has 202 valence electrons. The number of benzene rings is 3. The lowest BCUT2D eigenvalue weighted by molar-refractivity contribution is -0.180. The molecule has 2 amide bonds. The number of amides is 2. The molecular formula is C29H28IN2O6P. The normalized spacial score (nSPS) is 17.3. The summed E-state index contributed by atoms with van der Waals surface area (Å²) < 4.78 is 12.2. The van der Waals surface area contributed by atoms with Crippen molar-refractivity contribution in [1.29, 1.82) is 0 Å². The zero-order chi connectivity index (χ0) is 27.9. The number of nitrogens with zero attached hydrogens (tertiary/aromatic N) is 1. The number of β-lactam (4-membered cyclic amide) rings is 1. The number of ketones is 1. The number of halogens is 1. The molecule has 1 unspecified atom stereocenters. The maximum absolute atomic E-state index is 13.4. The summed E-state index contributed by atoms with van der Waals surface area (Å²) in [4.78, 5) is 52.8. The van der Waals surface area contributed by atoms with Crippen molar-refractivity contribution in [3.8, 4) is 0 Å². The van der Waals surface area contributed by atoms with Crippen LogP contribution in [0.1, 0.15) is 34.5 Å². The number of ether oxygens (including phenoxy) is 2. The first-order valence-corrected chi connectivity index (χ1v) is 14.5. The summed E-state index contributed by atoms with van der Waals surface area (Å²) >= 11 is 2.02. The van der Waals surface area contributed by atoms with Gasteiger partial charge >= 0.3 is 5.97 Å². The molecule has 0 saturated carbocycles. The Kier molecular flexibility index (Phi) is 9.72. The molecule has 8 nitrogen and oxygen atoms in total. The topological polar surface area (TPSA) is 102 Å². The van der Waals surface area contributed by atoms with E-state index >= 15 is 0 Å². The van der Waals surface area contributed by atoms with Gasteiger partial charge in [-0.3, -0.25) is 19.3 Å². The molecular weight excluding hydrogens is 630 g/mol. The number of rotatable bonds is 11. The van der Waals surface area contributed by atoms with Crippen LogP contribution in [0.25, 0.3) is 0 Å². The predicted molar refractivity (Wildman–Crippen MR) is 160 cm³/mol. The first-order chi connectivity index (χ1) is 18.8. The minimum absolute atomic E-state index is 0.0165. The highest BCUT2D eigenvalue weighted by Gasteiger charge is 2.53. The molecule has 3 aromatic rings. The molecule has 0 spiro atoms. The number of nitrogens with one attached hydrogen (secondary N) is 1. The van der Waals surface area contributed by atoms with E-state index in [0.717, 1.165) is 16.0 Å². The number of hydrogen-bond donors (Lipinski definition) is 1. The van der Waals surface area contributed by atoms with Gasteiger partial charge in [-0.05, 0) is 30.2 Å². The maximum atomic E-state index is 13.4. The van der Waals surface area contributed by atoms with E-state index in [1.54, 1.807) is 30.3 Å². The molecule has 4 rings (SSSR count). The fourth-order valence-corrected chi connectivity index (χ4v) is 5.35. The number of hydrogen-bond acceptors (Lipinski definition) is 6. The predicted octanol–water partition coefficient (Wildman–Crippen LogP) is 3.43. The Morgan fingerprint density at radius 2 is 1.44 bits per heavy atom. The van der Waals surface area contributed by atoms with Crippen LogP contribution in [-0.4, -0.2) is 56.7 Å². The SMILES string of the molecule is CC(=O)[C@H](CI)O[C@@H]1[C@@H](NC(=O)c2ccccc2)C(=O)N1C(=[PH3])C(=O)OC(c1ccccc1)c1ccccc1. The summed E-state index contributed by atoms with van der Waals surface area (Å²) in [7, 11) is 1.20. The van der Waals surface area contributed by atoms with E-state index < -0.39 is 42.3 Å². The van der Waals surface area contributed by atoms with Crippen molar-refractivity contribution < 1.29 is 28.7 Å². The Morgan fingerprint density at radius 1 is 0.923 bits per heavy atom. The van der Waals surface area contributed by atoms with Gasteiger partial charge in [-0.1, -0.05) is 101 Å². The fourth-order valence-electron chi connectivity index (χ4n) is 4.10. The van der Waals surface area contributed by atoms with E-state index in [2.05, 4.69) is 5.32 Å². The number of Topliss-reactive ketones (excluding diaryl/α,β-unsaturated/α-hetero) is 1. The lowest BCUT2D eigenvalue weighted by atomic mass is 10.0. The van der Waals surface area contributed by atoms with E-state index in [4.69, 9.17) is 9.47 Å². The number of carbonyl (C=O) groups excluding carboxylic acids is 4. The van der Waals surface area contributed by atoms with Crippen LogP contribution in [0.3, 0.4) is 0 Å². The average molecular weight is 658 g/mol. The minimum atomic E-state index is -1.07. The highest BCUT2D eigenvalue weighted by atomic mass is 127. The van der Waals surface area contributed by atoms with Crippen LogP contribution in [0.2, 0.25) is 0 Å². The number of alkyl halides is 1. The van der Waals surface area contributed by atoms with Crippen molar-refractivity contribution in [2.75, 3.05) is 4.43 Å². The van der Waals surface area contributed by atoms with E-state index in [1.807, 2.05) is 83.3 Å². The number of carbonyl (C=O) groups is 4. The van der Waals surface area contributed by atoms with E-state index in [-0.39, 0.29) is 11.2 Å². The first kappa shape index (κ1) is 28.7. The molecule has 10 heteroatoms. The molecule has 39 heavy (non-hydrogen) atoms. The summed E-state index contributed by atoms with van der Waals surface area (Å²) in [6.07, 6.45) is -2.58. The molecule has 1 fully saturated rings. The van der Waals surface area contributed by atoms with E-state index in [1.165, 1.54) is 15.8 Å². The van der Waals surface area contributed by atoms with Gasteiger partial charge in [0.2, 0.25) is 0 Å². The summed E-state index contributed by atoms with van der Waals surface area (Å²) in [5.41, 5.74) is 1.92. The van der Waals surface area contributed by atoms with Crippen molar-refractivity contribution >= 4 is 60.4 Å². The third kappa shape index (κ3) is 6.66. The Bertz CT molecular complexity index is 1320. The molecule has 0 bridgehead atoms. The molecule has 1 aliphatic rings. The van der Waals surface area contributed by atoms with Gasteiger partial charge in [0.1, 0.15) is 11.5 Å². The largest absolute Gasteiger partial charge is 0.448 e. The van der Waals surface area contributed by atoms with Crippen LogP contribution < -0.4 is 5.32 Å². The lowest BCUT2D eigenvalue weighted by Gasteiger charge is -2.47. The second-order valence-corrected chi connectivity index (χ2v) is 10.4. The Morgan fingerprint density at radius 3 is 1.92 bits per heavy atom. The van der Waals surface area contributed by atoms with Gasteiger partial charge in [0.15, 0.2) is 24.2 Å². The average Bonchev–Trinajstić information content (AvgIpc) is 2.97. The third-order valence-corrected chi connectivity index (χ3v) is 7.65. The molecule has 0 radical (unpaired) electrons. The van der Waals surface area contributed by atoms with Crippen molar-refractivity contribution in [3.63, 3.8) is 0 Å². The maximum Gasteiger partial charge on any atom is 0.355 e. The smallest absolute Gasteiger partial charge is 0.355 e. The van der Waals surface area contributed by atoms with Crippen LogP contribution in [0, 0.1) is 0 Å². The van der Waals surface area contributed by atoms with Crippen molar-refractivity contribution in [2.24, 2.45) is 0 Å². The second kappa shape index (κ2) is 13.2. The second-order valence-electron chi connectivity index (χ2n) is 8.86. The lowest BCUT2D eigenvalue weighted by Crippen LogP contribution is -2.74. The Labute approximate surface area is 242 Å². The highest BCUT2D eigenvalue weighted by Crippen LogP contribution is 2.29. The fraction of sp³-hybridized carbons (Fsp3) is 0.207. The van der Waals surface area contributed by atoms with Crippen molar-refractivity contribution in [1.82, 2.24) is 10.2 Å². The van der Waals surface area contributed by atoms with Gasteiger partial charge in [0.05, 0.1) is 0 Å². The molecule has 1 aliphatic heterocycles. The summed E-state index contributed by atoms with van der Waals surface area (Å²) in [5, 5.41) is 2.69. The minimum Gasteiger partial charge on any atom is -0.448 e.